The maximum absolute atomic E-state index is 13.8. The second-order valence-corrected chi connectivity index (χ2v) is 4.15. The number of halogens is 1. The molecule has 5 heteroatoms. The van der Waals surface area contributed by atoms with Crippen molar-refractivity contribution < 1.29 is 14.0 Å². The Kier molecular flexibility index (Phi) is 3.14. The van der Waals surface area contributed by atoms with Crippen LogP contribution in [0, 0.1) is 5.82 Å². The number of allylic oxidation sites excluding steroid dienone is 1. The first kappa shape index (κ1) is 12.3. The Bertz CT molecular complexity index is 552. The second kappa shape index (κ2) is 4.60. The molecule has 0 saturated carbocycles. The number of ketones is 1. The molecule has 1 atom stereocenters. The number of hydrogen-bond acceptors (Lipinski definition) is 2. The molecule has 2 rings (SSSR count). The molecule has 2 amide bonds. The van der Waals surface area contributed by atoms with E-state index in [-0.39, 0.29) is 11.3 Å². The Morgan fingerprint density at radius 2 is 2.00 bits per heavy atom. The first-order valence-corrected chi connectivity index (χ1v) is 5.54. The third-order valence-corrected chi connectivity index (χ3v) is 2.86. The van der Waals surface area contributed by atoms with Gasteiger partial charge in [0.25, 0.3) is 0 Å². The van der Waals surface area contributed by atoms with Gasteiger partial charge in [0.1, 0.15) is 5.82 Å². The van der Waals surface area contributed by atoms with Crippen LogP contribution in [0.2, 0.25) is 0 Å². The van der Waals surface area contributed by atoms with Crippen LogP contribution >= 0.6 is 0 Å². The lowest BCUT2D eigenvalue weighted by Crippen LogP contribution is -2.45. The van der Waals surface area contributed by atoms with Gasteiger partial charge in [0, 0.05) is 16.8 Å². The number of hydrogen-bond donors (Lipinski definition) is 2. The number of carbonyl (C=O) groups excluding carboxylic acids is 2. The maximum atomic E-state index is 13.8. The fourth-order valence-corrected chi connectivity index (χ4v) is 2.10. The van der Waals surface area contributed by atoms with Crippen molar-refractivity contribution in [3.8, 4) is 0 Å². The van der Waals surface area contributed by atoms with Gasteiger partial charge in [-0.15, -0.1) is 0 Å². The van der Waals surface area contributed by atoms with Crippen molar-refractivity contribution in [2.45, 2.75) is 19.9 Å². The Balaban J connectivity index is 2.54. The van der Waals surface area contributed by atoms with Crippen LogP contribution in [-0.2, 0) is 4.79 Å². The lowest BCUT2D eigenvalue weighted by molar-refractivity contribution is -0.114. The number of amides is 2. The average Bonchev–Trinajstić information content (AvgIpc) is 2.27. The minimum absolute atomic E-state index is 0.201. The van der Waals surface area contributed by atoms with E-state index in [2.05, 4.69) is 10.6 Å². The summed E-state index contributed by atoms with van der Waals surface area (Å²) in [6.45, 7) is 3.02. The molecular formula is C13H13FN2O2. The standard InChI is InChI=1S/C13H13FN2O2/c1-7-11(8(2)17)12(16-13(18)15-7)9-5-3-4-6-10(9)14/h3-6,12H,1-2H3,(H2,15,16,18). The molecule has 0 spiro atoms. The van der Waals surface area contributed by atoms with Crippen molar-refractivity contribution in [3.63, 3.8) is 0 Å². The van der Waals surface area contributed by atoms with E-state index in [4.69, 9.17) is 0 Å². The molecule has 0 aliphatic carbocycles. The quantitative estimate of drug-likeness (QED) is 0.841. The van der Waals surface area contributed by atoms with Crippen molar-refractivity contribution >= 4 is 11.8 Å². The predicted molar refractivity (Wildman–Crippen MR) is 64.2 cm³/mol. The lowest BCUT2D eigenvalue weighted by Gasteiger charge is -2.28. The summed E-state index contributed by atoms with van der Waals surface area (Å²) in [4.78, 5) is 23.1. The smallest absolute Gasteiger partial charge is 0.319 e. The molecule has 1 aliphatic heterocycles. The molecule has 1 aromatic carbocycles. The monoisotopic (exact) mass is 248 g/mol. The molecule has 2 N–H and O–H groups in total. The van der Waals surface area contributed by atoms with Gasteiger partial charge in [-0.25, -0.2) is 9.18 Å². The van der Waals surface area contributed by atoms with Crippen LogP contribution in [0.4, 0.5) is 9.18 Å². The molecule has 94 valence electrons. The molecule has 1 unspecified atom stereocenters. The lowest BCUT2D eigenvalue weighted by atomic mass is 9.93. The van der Waals surface area contributed by atoms with Gasteiger partial charge in [-0.05, 0) is 19.9 Å². The number of urea groups is 1. The Morgan fingerprint density at radius 1 is 1.33 bits per heavy atom. The van der Waals surface area contributed by atoms with Gasteiger partial charge in [-0.1, -0.05) is 18.2 Å². The van der Waals surface area contributed by atoms with Crippen molar-refractivity contribution in [2.24, 2.45) is 0 Å². The van der Waals surface area contributed by atoms with Crippen LogP contribution in [-0.4, -0.2) is 11.8 Å². The van der Waals surface area contributed by atoms with E-state index in [1.165, 1.54) is 13.0 Å². The highest BCUT2D eigenvalue weighted by atomic mass is 19.1. The SMILES string of the molecule is CC(=O)C1=C(C)NC(=O)NC1c1ccccc1F. The van der Waals surface area contributed by atoms with Crippen molar-refractivity contribution in [3.05, 3.63) is 46.9 Å². The minimum atomic E-state index is -0.738. The predicted octanol–water partition coefficient (Wildman–Crippen LogP) is 2.04. The van der Waals surface area contributed by atoms with E-state index < -0.39 is 17.9 Å². The molecule has 4 nitrogen and oxygen atoms in total. The molecule has 0 radical (unpaired) electrons. The fourth-order valence-electron chi connectivity index (χ4n) is 2.10. The zero-order valence-electron chi connectivity index (χ0n) is 10.1. The molecule has 1 aliphatic rings. The molecule has 0 bridgehead atoms. The summed E-state index contributed by atoms with van der Waals surface area (Å²) in [6, 6.07) is 4.91. The van der Waals surface area contributed by atoms with Gasteiger partial charge < -0.3 is 10.6 Å². The third-order valence-electron chi connectivity index (χ3n) is 2.86. The summed E-state index contributed by atoms with van der Waals surface area (Å²) in [5.74, 6) is -0.649. The number of nitrogens with one attached hydrogen (secondary N) is 2. The molecular weight excluding hydrogens is 235 g/mol. The highest BCUT2D eigenvalue weighted by Gasteiger charge is 2.30. The zero-order valence-corrected chi connectivity index (χ0v) is 10.1. The topological polar surface area (TPSA) is 58.2 Å². The number of carbonyl (C=O) groups is 2. The van der Waals surface area contributed by atoms with Crippen LogP contribution in [0.25, 0.3) is 0 Å². The number of benzene rings is 1. The summed E-state index contributed by atoms with van der Waals surface area (Å²) in [7, 11) is 0. The Hall–Kier alpha value is -2.17. The molecule has 0 fully saturated rings. The van der Waals surface area contributed by atoms with Crippen LogP contribution in [0.15, 0.2) is 35.5 Å². The van der Waals surface area contributed by atoms with Gasteiger partial charge in [0.15, 0.2) is 5.78 Å². The Morgan fingerprint density at radius 3 is 2.61 bits per heavy atom. The normalized spacial score (nSPS) is 19.3. The zero-order chi connectivity index (χ0) is 13.3. The third kappa shape index (κ3) is 2.11. The van der Waals surface area contributed by atoms with Crippen molar-refractivity contribution in [2.75, 3.05) is 0 Å². The van der Waals surface area contributed by atoms with E-state index in [0.717, 1.165) is 0 Å². The van der Waals surface area contributed by atoms with E-state index in [9.17, 15) is 14.0 Å². The highest BCUT2D eigenvalue weighted by Crippen LogP contribution is 2.28. The van der Waals surface area contributed by atoms with Gasteiger partial charge in [0.2, 0.25) is 0 Å². The van der Waals surface area contributed by atoms with Crippen molar-refractivity contribution in [1.82, 2.24) is 10.6 Å². The molecule has 1 heterocycles. The van der Waals surface area contributed by atoms with Gasteiger partial charge in [-0.2, -0.15) is 0 Å². The van der Waals surface area contributed by atoms with Crippen LogP contribution in [0.3, 0.4) is 0 Å². The summed E-state index contributed by atoms with van der Waals surface area (Å²) in [6.07, 6.45) is 0. The van der Waals surface area contributed by atoms with E-state index in [1.54, 1.807) is 25.1 Å². The van der Waals surface area contributed by atoms with Crippen LogP contribution in [0.1, 0.15) is 25.5 Å². The molecule has 1 aromatic rings. The Labute approximate surface area is 104 Å². The summed E-state index contributed by atoms with van der Waals surface area (Å²) in [5, 5.41) is 5.08. The minimum Gasteiger partial charge on any atom is -0.327 e. The van der Waals surface area contributed by atoms with Crippen LogP contribution < -0.4 is 10.6 Å². The fraction of sp³-hybridized carbons (Fsp3) is 0.231. The van der Waals surface area contributed by atoms with Gasteiger partial charge >= 0.3 is 6.03 Å². The van der Waals surface area contributed by atoms with Gasteiger partial charge in [-0.3, -0.25) is 4.79 Å². The van der Waals surface area contributed by atoms with E-state index >= 15 is 0 Å². The summed E-state index contributed by atoms with van der Waals surface area (Å²) in [5.41, 5.74) is 1.12. The van der Waals surface area contributed by atoms with E-state index in [1.807, 2.05) is 0 Å². The van der Waals surface area contributed by atoms with Gasteiger partial charge in [0.05, 0.1) is 6.04 Å². The summed E-state index contributed by atoms with van der Waals surface area (Å²) >= 11 is 0. The van der Waals surface area contributed by atoms with E-state index in [0.29, 0.717) is 11.3 Å². The first-order chi connectivity index (χ1) is 8.50. The second-order valence-electron chi connectivity index (χ2n) is 4.15. The molecule has 0 aromatic heterocycles. The largest absolute Gasteiger partial charge is 0.327 e. The average molecular weight is 248 g/mol. The number of rotatable bonds is 2. The summed E-state index contributed by atoms with van der Waals surface area (Å²) < 4.78 is 13.8. The van der Waals surface area contributed by atoms with Crippen molar-refractivity contribution in [1.29, 1.82) is 0 Å². The maximum Gasteiger partial charge on any atom is 0.319 e. The number of Topliss-reactive ketones (excluding diaryl/α,β-unsaturated/α-hetero) is 1. The molecule has 0 saturated heterocycles. The molecule has 18 heavy (non-hydrogen) atoms. The highest BCUT2D eigenvalue weighted by molar-refractivity contribution is 5.98. The van der Waals surface area contributed by atoms with Crippen LogP contribution in [0.5, 0.6) is 0 Å². The first-order valence-electron chi connectivity index (χ1n) is 5.54.